The molecule has 1 aromatic carbocycles. The zero-order chi connectivity index (χ0) is 24.3. The van der Waals surface area contributed by atoms with Gasteiger partial charge in [-0.2, -0.15) is 5.10 Å². The van der Waals surface area contributed by atoms with Gasteiger partial charge in [0.1, 0.15) is 17.7 Å². The van der Waals surface area contributed by atoms with Crippen molar-refractivity contribution in [2.75, 3.05) is 5.32 Å². The average molecular weight is 451 g/mol. The minimum absolute atomic E-state index is 0.0658. The first-order valence-electron chi connectivity index (χ1n) is 11.1. The van der Waals surface area contributed by atoms with Gasteiger partial charge in [0.05, 0.1) is 11.7 Å². The van der Waals surface area contributed by atoms with Crippen molar-refractivity contribution in [3.63, 3.8) is 0 Å². The number of halogens is 1. The molecule has 1 aromatic heterocycles. The molecule has 1 aliphatic heterocycles. The smallest absolute Gasteiger partial charge is 0.251 e. The van der Waals surface area contributed by atoms with Crippen LogP contribution in [0.2, 0.25) is 0 Å². The minimum atomic E-state index is -0.926. The van der Waals surface area contributed by atoms with E-state index in [0.717, 1.165) is 23.2 Å². The van der Waals surface area contributed by atoms with Crippen LogP contribution in [0.5, 0.6) is 0 Å². The largest absolute Gasteiger partial charge is 0.339 e. The maximum absolute atomic E-state index is 13.8. The minimum Gasteiger partial charge on any atom is -0.339 e. The van der Waals surface area contributed by atoms with Gasteiger partial charge in [0.2, 0.25) is 5.91 Å². The molecule has 0 radical (unpaired) electrons. The van der Waals surface area contributed by atoms with Crippen LogP contribution in [-0.2, 0) is 4.79 Å². The number of fused-ring (bicyclic) bond motifs is 1. The Morgan fingerprint density at radius 3 is 2.73 bits per heavy atom. The van der Waals surface area contributed by atoms with E-state index in [4.69, 9.17) is 0 Å². The summed E-state index contributed by atoms with van der Waals surface area (Å²) in [5.74, 6) is -1.14. The molecule has 0 spiro atoms. The van der Waals surface area contributed by atoms with Crippen LogP contribution in [0.1, 0.15) is 66.3 Å². The van der Waals surface area contributed by atoms with Crippen LogP contribution < -0.4 is 10.6 Å². The second kappa shape index (κ2) is 9.98. The van der Waals surface area contributed by atoms with E-state index in [9.17, 15) is 14.0 Å². The summed E-state index contributed by atoms with van der Waals surface area (Å²) in [7, 11) is 0. The number of amides is 2. The average Bonchev–Trinajstić information content (AvgIpc) is 3.12. The zero-order valence-electron chi connectivity index (χ0n) is 19.8. The number of carbonyl (C=O) groups is 2. The van der Waals surface area contributed by atoms with E-state index in [0.29, 0.717) is 17.0 Å². The van der Waals surface area contributed by atoms with E-state index < -0.39 is 17.8 Å². The van der Waals surface area contributed by atoms with Crippen LogP contribution >= 0.6 is 0 Å². The quantitative estimate of drug-likeness (QED) is 0.563. The SMILES string of the molecule is C=C(/C=C\C(F)=C/C)[C@H]1c2c(C)nn(C(C)CC)c2NC(=O)[C@@H]1NC(=O)c1cccc(C)c1. The summed E-state index contributed by atoms with van der Waals surface area (Å²) in [4.78, 5) is 26.3. The van der Waals surface area contributed by atoms with Crippen molar-refractivity contribution in [1.82, 2.24) is 15.1 Å². The number of carbonyl (C=O) groups excluding carboxylic acids is 2. The first-order chi connectivity index (χ1) is 15.7. The lowest BCUT2D eigenvalue weighted by molar-refractivity contribution is -0.118. The fourth-order valence-electron chi connectivity index (χ4n) is 4.01. The van der Waals surface area contributed by atoms with Crippen LogP contribution in [0, 0.1) is 13.8 Å². The van der Waals surface area contributed by atoms with E-state index in [2.05, 4.69) is 22.3 Å². The highest BCUT2D eigenvalue weighted by atomic mass is 19.1. The Morgan fingerprint density at radius 2 is 2.09 bits per heavy atom. The van der Waals surface area contributed by atoms with Gasteiger partial charge < -0.3 is 10.6 Å². The van der Waals surface area contributed by atoms with E-state index >= 15 is 0 Å². The predicted molar refractivity (Wildman–Crippen MR) is 129 cm³/mol. The predicted octanol–water partition coefficient (Wildman–Crippen LogP) is 5.29. The van der Waals surface area contributed by atoms with Crippen LogP contribution in [0.25, 0.3) is 0 Å². The summed E-state index contributed by atoms with van der Waals surface area (Å²) >= 11 is 0. The number of benzene rings is 1. The van der Waals surface area contributed by atoms with Crippen LogP contribution in [0.15, 0.2) is 60.5 Å². The maximum Gasteiger partial charge on any atom is 0.251 e. The number of rotatable bonds is 7. The molecule has 0 aliphatic carbocycles. The van der Waals surface area contributed by atoms with Crippen molar-refractivity contribution in [2.24, 2.45) is 0 Å². The molecule has 2 amide bonds. The molecule has 0 bridgehead atoms. The van der Waals surface area contributed by atoms with Gasteiger partial charge in [-0.05, 0) is 57.9 Å². The molecule has 2 aromatic rings. The Morgan fingerprint density at radius 1 is 1.36 bits per heavy atom. The first kappa shape index (κ1) is 24.2. The second-order valence-corrected chi connectivity index (χ2v) is 8.42. The van der Waals surface area contributed by atoms with Crippen molar-refractivity contribution in [1.29, 1.82) is 0 Å². The summed E-state index contributed by atoms with van der Waals surface area (Å²) in [6.45, 7) is 13.6. The summed E-state index contributed by atoms with van der Waals surface area (Å²) in [5, 5.41) is 10.5. The number of aryl methyl sites for hydroxylation is 2. The molecule has 3 atom stereocenters. The van der Waals surface area contributed by atoms with Crippen molar-refractivity contribution >= 4 is 17.6 Å². The number of anilines is 1. The molecule has 1 unspecified atom stereocenters. The third-order valence-corrected chi connectivity index (χ3v) is 6.01. The van der Waals surface area contributed by atoms with E-state index in [1.54, 1.807) is 35.9 Å². The highest BCUT2D eigenvalue weighted by molar-refractivity contribution is 6.04. The number of nitrogens with one attached hydrogen (secondary N) is 2. The van der Waals surface area contributed by atoms with Gasteiger partial charge in [0.15, 0.2) is 0 Å². The third kappa shape index (κ3) is 4.97. The number of nitrogens with zero attached hydrogens (tertiary/aromatic N) is 2. The Bertz CT molecular complexity index is 1150. The van der Waals surface area contributed by atoms with E-state index in [1.807, 2.05) is 33.8 Å². The molecule has 33 heavy (non-hydrogen) atoms. The van der Waals surface area contributed by atoms with Crippen molar-refractivity contribution in [3.05, 3.63) is 82.9 Å². The number of aromatic nitrogens is 2. The van der Waals surface area contributed by atoms with Gasteiger partial charge in [-0.25, -0.2) is 9.07 Å². The lowest BCUT2D eigenvalue weighted by Gasteiger charge is -2.33. The fourth-order valence-corrected chi connectivity index (χ4v) is 4.01. The van der Waals surface area contributed by atoms with Gasteiger partial charge >= 0.3 is 0 Å². The molecule has 7 heteroatoms. The van der Waals surface area contributed by atoms with Crippen LogP contribution in [0.4, 0.5) is 10.2 Å². The maximum atomic E-state index is 13.8. The van der Waals surface area contributed by atoms with Crippen molar-refractivity contribution in [3.8, 4) is 0 Å². The van der Waals surface area contributed by atoms with Gasteiger partial charge in [-0.15, -0.1) is 0 Å². The van der Waals surface area contributed by atoms with Crippen LogP contribution in [0.3, 0.4) is 0 Å². The molecule has 0 saturated heterocycles. The molecule has 6 nitrogen and oxygen atoms in total. The number of hydrogen-bond donors (Lipinski definition) is 2. The molecule has 174 valence electrons. The summed E-state index contributed by atoms with van der Waals surface area (Å²) < 4.78 is 15.6. The molecular weight excluding hydrogens is 419 g/mol. The summed E-state index contributed by atoms with van der Waals surface area (Å²) in [6, 6.07) is 6.29. The van der Waals surface area contributed by atoms with Crippen molar-refractivity contribution in [2.45, 2.75) is 59.0 Å². The summed E-state index contributed by atoms with van der Waals surface area (Å²) in [6.07, 6.45) is 5.03. The topological polar surface area (TPSA) is 76.0 Å². The first-order valence-corrected chi connectivity index (χ1v) is 11.1. The van der Waals surface area contributed by atoms with Crippen molar-refractivity contribution < 1.29 is 14.0 Å². The van der Waals surface area contributed by atoms with Gasteiger partial charge in [0, 0.05) is 17.0 Å². The third-order valence-electron chi connectivity index (χ3n) is 6.01. The second-order valence-electron chi connectivity index (χ2n) is 8.42. The highest BCUT2D eigenvalue weighted by Crippen LogP contribution is 2.41. The number of hydrogen-bond acceptors (Lipinski definition) is 3. The Kier molecular flexibility index (Phi) is 7.31. The van der Waals surface area contributed by atoms with E-state index in [-0.39, 0.29) is 17.9 Å². The molecule has 3 rings (SSSR count). The normalized spacial score (nSPS) is 19.2. The van der Waals surface area contributed by atoms with Gasteiger partial charge in [-0.1, -0.05) is 43.4 Å². The Balaban J connectivity index is 2.07. The molecule has 0 saturated carbocycles. The van der Waals surface area contributed by atoms with Crippen LogP contribution in [-0.4, -0.2) is 27.6 Å². The molecule has 2 heterocycles. The molecular formula is C26H31FN4O2. The van der Waals surface area contributed by atoms with E-state index in [1.165, 1.54) is 12.2 Å². The van der Waals surface area contributed by atoms with Gasteiger partial charge in [0.25, 0.3) is 5.91 Å². The lowest BCUT2D eigenvalue weighted by atomic mass is 9.81. The molecule has 2 N–H and O–H groups in total. The monoisotopic (exact) mass is 450 g/mol. The standard InChI is InChI=1S/C26H31FN4O2/c1-7-17(5)31-24-22(18(6)30-31)21(16(4)12-13-20(27)8-2)23(26(33)29-24)28-25(32)19-11-9-10-15(3)14-19/h8-14,17,21,23H,4,7H2,1-3,5-6H3,(H,28,32)(H,29,33)/b13-12-,20-8+/t17?,21-,23+/m0/s1. The fraction of sp³-hybridized carbons (Fsp3) is 0.346. The molecule has 0 fully saturated rings. The lowest BCUT2D eigenvalue weighted by Crippen LogP contribution is -2.50. The van der Waals surface area contributed by atoms with Gasteiger partial charge in [-0.3, -0.25) is 9.59 Å². The Labute approximate surface area is 194 Å². The highest BCUT2D eigenvalue weighted by Gasteiger charge is 2.42. The number of allylic oxidation sites excluding steroid dienone is 4. The molecule has 1 aliphatic rings. The Hall–Kier alpha value is -3.48. The summed E-state index contributed by atoms with van der Waals surface area (Å²) in [5.41, 5.74) is 3.41. The zero-order valence-corrected chi connectivity index (χ0v) is 19.8.